The lowest BCUT2D eigenvalue weighted by atomic mass is 10.2. The first-order chi connectivity index (χ1) is 8.15. The highest BCUT2D eigenvalue weighted by Crippen LogP contribution is 2.22. The molecule has 0 saturated heterocycles. The second-order valence-electron chi connectivity index (χ2n) is 3.67. The zero-order chi connectivity index (χ0) is 12.3. The van der Waals surface area contributed by atoms with E-state index in [0.29, 0.717) is 11.6 Å². The Morgan fingerprint density at radius 3 is 2.82 bits per heavy atom. The molecule has 0 N–H and O–H groups in total. The van der Waals surface area contributed by atoms with Crippen molar-refractivity contribution in [2.45, 2.75) is 13.5 Å². The van der Waals surface area contributed by atoms with Crippen LogP contribution in [0.4, 0.5) is 0 Å². The van der Waals surface area contributed by atoms with Gasteiger partial charge in [0, 0.05) is 15.7 Å². The second kappa shape index (κ2) is 5.52. The summed E-state index contributed by atoms with van der Waals surface area (Å²) in [6.07, 6.45) is 1.67. The van der Waals surface area contributed by atoms with Crippen LogP contribution in [0, 0.1) is 6.92 Å². The Hall–Kier alpha value is -1.06. The average Bonchev–Trinajstić information content (AvgIpc) is 2.31. The lowest BCUT2D eigenvalue weighted by molar-refractivity contribution is 0.301. The molecule has 0 aliphatic carbocycles. The molecule has 0 bridgehead atoms. The van der Waals surface area contributed by atoms with E-state index in [1.165, 1.54) is 0 Å². The number of rotatable bonds is 3. The molecule has 0 aliphatic rings. The van der Waals surface area contributed by atoms with Crippen LogP contribution in [-0.4, -0.2) is 4.98 Å². The van der Waals surface area contributed by atoms with E-state index in [9.17, 15) is 0 Å². The zero-order valence-electron chi connectivity index (χ0n) is 9.28. The molecule has 1 aromatic carbocycles. The fraction of sp³-hybridized carbons (Fsp3) is 0.154. The summed E-state index contributed by atoms with van der Waals surface area (Å²) in [4.78, 5) is 4.18. The molecule has 2 nitrogen and oxygen atoms in total. The van der Waals surface area contributed by atoms with Gasteiger partial charge < -0.3 is 4.74 Å². The third kappa shape index (κ3) is 3.45. The van der Waals surface area contributed by atoms with Crippen LogP contribution in [0.3, 0.4) is 0 Å². The molecule has 0 spiro atoms. The molecule has 0 aliphatic heterocycles. The van der Waals surface area contributed by atoms with Crippen LogP contribution in [0.2, 0.25) is 5.02 Å². The van der Waals surface area contributed by atoms with Crippen molar-refractivity contribution in [1.82, 2.24) is 4.98 Å². The van der Waals surface area contributed by atoms with E-state index < -0.39 is 0 Å². The molecule has 0 amide bonds. The lowest BCUT2D eigenvalue weighted by Gasteiger charge is -2.07. The van der Waals surface area contributed by atoms with Gasteiger partial charge >= 0.3 is 0 Å². The number of benzene rings is 1. The van der Waals surface area contributed by atoms with Crippen molar-refractivity contribution in [3.05, 3.63) is 57.3 Å². The van der Waals surface area contributed by atoms with Gasteiger partial charge in [0.15, 0.2) is 0 Å². The normalized spacial score (nSPS) is 10.3. The maximum Gasteiger partial charge on any atom is 0.130 e. The Morgan fingerprint density at radius 1 is 1.29 bits per heavy atom. The fourth-order valence-electron chi connectivity index (χ4n) is 1.39. The standard InChI is InChI=1S/C13H11BrClNO/c1-9-6-12(2-3-13(9)14)17-8-11-7-10(15)4-5-16-11/h2-7H,8H2,1H3. The van der Waals surface area contributed by atoms with Crippen molar-refractivity contribution in [3.63, 3.8) is 0 Å². The summed E-state index contributed by atoms with van der Waals surface area (Å²) in [5.74, 6) is 0.826. The number of halogens is 2. The number of pyridine rings is 1. The molecule has 0 atom stereocenters. The Labute approximate surface area is 114 Å². The largest absolute Gasteiger partial charge is 0.487 e. The Bertz CT molecular complexity index is 531. The van der Waals surface area contributed by atoms with Crippen LogP contribution in [0.25, 0.3) is 0 Å². The summed E-state index contributed by atoms with van der Waals surface area (Å²) in [5, 5.41) is 0.672. The van der Waals surface area contributed by atoms with Crippen molar-refractivity contribution >= 4 is 27.5 Å². The Balaban J connectivity index is 2.05. The minimum Gasteiger partial charge on any atom is -0.487 e. The highest BCUT2D eigenvalue weighted by molar-refractivity contribution is 9.10. The monoisotopic (exact) mass is 311 g/mol. The Morgan fingerprint density at radius 2 is 2.12 bits per heavy atom. The summed E-state index contributed by atoms with van der Waals surface area (Å²) in [6.45, 7) is 2.44. The number of ether oxygens (including phenoxy) is 1. The van der Waals surface area contributed by atoms with Gasteiger partial charge in [-0.1, -0.05) is 27.5 Å². The van der Waals surface area contributed by atoms with Gasteiger partial charge in [-0.2, -0.15) is 0 Å². The van der Waals surface area contributed by atoms with Crippen molar-refractivity contribution in [2.24, 2.45) is 0 Å². The maximum atomic E-state index is 5.87. The number of aromatic nitrogens is 1. The highest BCUT2D eigenvalue weighted by Gasteiger charge is 2.00. The van der Waals surface area contributed by atoms with Gasteiger partial charge in [-0.25, -0.2) is 0 Å². The van der Waals surface area contributed by atoms with Gasteiger partial charge in [0.2, 0.25) is 0 Å². The van der Waals surface area contributed by atoms with Gasteiger partial charge in [-0.15, -0.1) is 0 Å². The third-order valence-electron chi connectivity index (χ3n) is 2.29. The SMILES string of the molecule is Cc1cc(OCc2cc(Cl)ccn2)ccc1Br. The van der Waals surface area contributed by atoms with Crippen molar-refractivity contribution in [2.75, 3.05) is 0 Å². The highest BCUT2D eigenvalue weighted by atomic mass is 79.9. The van der Waals surface area contributed by atoms with E-state index >= 15 is 0 Å². The number of nitrogens with zero attached hydrogens (tertiary/aromatic N) is 1. The van der Waals surface area contributed by atoms with E-state index in [1.54, 1.807) is 18.3 Å². The molecular weight excluding hydrogens is 302 g/mol. The van der Waals surface area contributed by atoms with Gasteiger partial charge in [0.25, 0.3) is 0 Å². The molecule has 0 fully saturated rings. The molecule has 1 heterocycles. The van der Waals surface area contributed by atoms with Gasteiger partial charge in [0.1, 0.15) is 12.4 Å². The van der Waals surface area contributed by atoms with Crippen molar-refractivity contribution < 1.29 is 4.74 Å². The van der Waals surface area contributed by atoms with Crippen molar-refractivity contribution in [3.8, 4) is 5.75 Å². The van der Waals surface area contributed by atoms with E-state index in [1.807, 2.05) is 25.1 Å². The molecular formula is C13H11BrClNO. The van der Waals surface area contributed by atoms with Crippen LogP contribution < -0.4 is 4.74 Å². The molecule has 0 radical (unpaired) electrons. The first-order valence-corrected chi connectivity index (χ1v) is 6.31. The van der Waals surface area contributed by atoms with Crippen LogP contribution in [-0.2, 0) is 6.61 Å². The third-order valence-corrected chi connectivity index (χ3v) is 3.42. The predicted octanol–water partition coefficient (Wildman–Crippen LogP) is 4.38. The first kappa shape index (κ1) is 12.4. The zero-order valence-corrected chi connectivity index (χ0v) is 11.6. The number of aryl methyl sites for hydroxylation is 1. The average molecular weight is 313 g/mol. The molecule has 0 unspecified atom stereocenters. The topological polar surface area (TPSA) is 22.1 Å². The van der Waals surface area contributed by atoms with Gasteiger partial charge in [-0.3, -0.25) is 4.98 Å². The minimum absolute atomic E-state index is 0.418. The van der Waals surface area contributed by atoms with E-state index in [2.05, 4.69) is 20.9 Å². The summed E-state index contributed by atoms with van der Waals surface area (Å²) < 4.78 is 6.72. The quantitative estimate of drug-likeness (QED) is 0.839. The lowest BCUT2D eigenvalue weighted by Crippen LogP contribution is -1.98. The molecule has 2 aromatic rings. The van der Waals surface area contributed by atoms with Gasteiger partial charge in [-0.05, 0) is 42.8 Å². The molecule has 2 rings (SSSR count). The summed E-state index contributed by atoms with van der Waals surface area (Å²) >= 11 is 9.32. The maximum absolute atomic E-state index is 5.87. The van der Waals surface area contributed by atoms with E-state index in [4.69, 9.17) is 16.3 Å². The first-order valence-electron chi connectivity index (χ1n) is 5.14. The molecule has 1 aromatic heterocycles. The molecule has 0 saturated carbocycles. The molecule has 88 valence electrons. The second-order valence-corrected chi connectivity index (χ2v) is 4.96. The number of hydrogen-bond donors (Lipinski definition) is 0. The Kier molecular flexibility index (Phi) is 4.02. The number of hydrogen-bond acceptors (Lipinski definition) is 2. The smallest absolute Gasteiger partial charge is 0.130 e. The summed E-state index contributed by atoms with van der Waals surface area (Å²) in [6, 6.07) is 9.41. The van der Waals surface area contributed by atoms with Crippen molar-refractivity contribution in [1.29, 1.82) is 0 Å². The van der Waals surface area contributed by atoms with E-state index in [-0.39, 0.29) is 0 Å². The van der Waals surface area contributed by atoms with Crippen LogP contribution in [0.15, 0.2) is 41.0 Å². The van der Waals surface area contributed by atoms with Crippen LogP contribution >= 0.6 is 27.5 Å². The minimum atomic E-state index is 0.418. The van der Waals surface area contributed by atoms with Gasteiger partial charge in [0.05, 0.1) is 5.69 Å². The summed E-state index contributed by atoms with van der Waals surface area (Å²) in [7, 11) is 0. The van der Waals surface area contributed by atoms with E-state index in [0.717, 1.165) is 21.5 Å². The molecule has 4 heteroatoms. The predicted molar refractivity (Wildman–Crippen MR) is 72.5 cm³/mol. The molecule has 17 heavy (non-hydrogen) atoms. The van der Waals surface area contributed by atoms with Crippen LogP contribution in [0.5, 0.6) is 5.75 Å². The summed E-state index contributed by atoms with van der Waals surface area (Å²) in [5.41, 5.74) is 1.96. The fourth-order valence-corrected chi connectivity index (χ4v) is 1.82. The van der Waals surface area contributed by atoms with Crippen LogP contribution in [0.1, 0.15) is 11.3 Å².